The van der Waals surface area contributed by atoms with Crippen molar-refractivity contribution in [1.29, 1.82) is 0 Å². The number of aliphatic hydroxyl groups is 1. The maximum absolute atomic E-state index is 9.83. The van der Waals surface area contributed by atoms with Crippen molar-refractivity contribution in [2.75, 3.05) is 6.61 Å². The molecule has 10 atom stereocenters. The van der Waals surface area contributed by atoms with Gasteiger partial charge in [0.25, 0.3) is 0 Å². The van der Waals surface area contributed by atoms with Crippen molar-refractivity contribution in [2.24, 2.45) is 58.7 Å². The first-order valence-corrected chi connectivity index (χ1v) is 11.1. The molecule has 0 aliphatic heterocycles. The van der Waals surface area contributed by atoms with Crippen molar-refractivity contribution in [2.45, 2.75) is 79.1 Å². The van der Waals surface area contributed by atoms with E-state index in [1.807, 2.05) is 0 Å². The van der Waals surface area contributed by atoms with Gasteiger partial charge in [-0.2, -0.15) is 0 Å². The summed E-state index contributed by atoms with van der Waals surface area (Å²) in [6.07, 6.45) is 12.0. The van der Waals surface area contributed by atoms with Gasteiger partial charge in [0, 0.05) is 6.61 Å². The maximum Gasteiger partial charge on any atom is 0.0459 e. The Morgan fingerprint density at radius 1 is 0.958 bits per heavy atom. The third kappa shape index (κ3) is 2.51. The Morgan fingerprint density at radius 3 is 2.46 bits per heavy atom. The Balaban J connectivity index is 1.57. The van der Waals surface area contributed by atoms with Gasteiger partial charge >= 0.3 is 0 Å². The minimum Gasteiger partial charge on any atom is -0.396 e. The molecule has 0 aromatic heterocycles. The Labute approximate surface area is 150 Å². The summed E-state index contributed by atoms with van der Waals surface area (Å²) in [6, 6.07) is 0. The van der Waals surface area contributed by atoms with E-state index in [2.05, 4.69) is 27.7 Å². The molecule has 1 nitrogen and oxygen atoms in total. The van der Waals surface area contributed by atoms with E-state index >= 15 is 0 Å². The lowest BCUT2D eigenvalue weighted by Gasteiger charge is -2.56. The number of rotatable bonds is 2. The summed E-state index contributed by atoms with van der Waals surface area (Å²) < 4.78 is 0. The zero-order chi connectivity index (χ0) is 17.1. The molecular formula is C23H40O. The normalized spacial score (nSPS) is 55.4. The summed E-state index contributed by atoms with van der Waals surface area (Å²) in [4.78, 5) is 0. The van der Waals surface area contributed by atoms with Gasteiger partial charge < -0.3 is 5.11 Å². The molecule has 0 spiro atoms. The highest BCUT2D eigenvalue weighted by atomic mass is 16.3. The molecule has 4 fully saturated rings. The number of hydrogen-bond acceptors (Lipinski definition) is 1. The van der Waals surface area contributed by atoms with Crippen LogP contribution in [0.15, 0.2) is 0 Å². The molecule has 0 amide bonds. The van der Waals surface area contributed by atoms with Crippen LogP contribution < -0.4 is 0 Å². The first-order chi connectivity index (χ1) is 11.5. The van der Waals surface area contributed by atoms with Crippen LogP contribution in [0.2, 0.25) is 0 Å². The van der Waals surface area contributed by atoms with Crippen molar-refractivity contribution in [1.82, 2.24) is 0 Å². The summed E-state index contributed by atoms with van der Waals surface area (Å²) in [5.74, 6) is 8.16. The Bertz CT molecular complexity index is 459. The van der Waals surface area contributed by atoms with E-state index in [1.165, 1.54) is 51.4 Å². The van der Waals surface area contributed by atoms with E-state index in [0.717, 1.165) is 47.3 Å². The van der Waals surface area contributed by atoms with Gasteiger partial charge in [0.2, 0.25) is 0 Å². The molecule has 10 unspecified atom stereocenters. The first-order valence-electron chi connectivity index (χ1n) is 11.1. The largest absolute Gasteiger partial charge is 0.396 e. The summed E-state index contributed by atoms with van der Waals surface area (Å²) in [5, 5.41) is 9.83. The van der Waals surface area contributed by atoms with Gasteiger partial charge in [-0.15, -0.1) is 0 Å². The second-order valence-electron chi connectivity index (χ2n) is 10.8. The first kappa shape index (κ1) is 17.4. The predicted molar refractivity (Wildman–Crippen MR) is 101 cm³/mol. The summed E-state index contributed by atoms with van der Waals surface area (Å²) >= 11 is 0. The van der Waals surface area contributed by atoms with Crippen LogP contribution >= 0.6 is 0 Å². The minimum atomic E-state index is 0.383. The zero-order valence-electron chi connectivity index (χ0n) is 16.5. The van der Waals surface area contributed by atoms with Crippen LogP contribution in [-0.4, -0.2) is 11.7 Å². The van der Waals surface area contributed by atoms with Crippen LogP contribution in [0.1, 0.15) is 79.1 Å². The fraction of sp³-hybridized carbons (Fsp3) is 1.00. The molecular weight excluding hydrogens is 292 g/mol. The predicted octanol–water partition coefficient (Wildman–Crippen LogP) is 5.77. The highest BCUT2D eigenvalue weighted by Crippen LogP contribution is 2.66. The molecule has 1 heteroatoms. The number of aliphatic hydroxyl groups excluding tert-OH is 1. The Hall–Kier alpha value is -0.0400. The molecule has 4 rings (SSSR count). The third-order valence-corrected chi connectivity index (χ3v) is 9.56. The lowest BCUT2D eigenvalue weighted by molar-refractivity contribution is -0.0764. The summed E-state index contributed by atoms with van der Waals surface area (Å²) in [5.41, 5.74) is 0.511. The zero-order valence-corrected chi connectivity index (χ0v) is 16.5. The second kappa shape index (κ2) is 6.29. The molecule has 1 N–H and O–H groups in total. The quantitative estimate of drug-likeness (QED) is 0.681. The standard InChI is InChI=1S/C23H40O/c1-14-5-7-18-17(11-14)6-8-20-19(18)9-10-23(4)21(20)12-15(2)22(23)16(3)13-24/h14-22,24H,5-13H2,1-4H3. The van der Waals surface area contributed by atoms with Gasteiger partial charge in [-0.25, -0.2) is 0 Å². The van der Waals surface area contributed by atoms with Crippen molar-refractivity contribution >= 4 is 0 Å². The third-order valence-electron chi connectivity index (χ3n) is 9.56. The molecule has 4 aliphatic rings. The molecule has 4 saturated carbocycles. The highest BCUT2D eigenvalue weighted by molar-refractivity contribution is 5.08. The van der Waals surface area contributed by atoms with Gasteiger partial charge in [0.05, 0.1) is 0 Å². The summed E-state index contributed by atoms with van der Waals surface area (Å²) in [7, 11) is 0. The molecule has 0 aromatic carbocycles. The highest BCUT2D eigenvalue weighted by Gasteiger charge is 2.59. The fourth-order valence-corrected chi connectivity index (χ4v) is 8.82. The molecule has 0 bridgehead atoms. The molecule has 138 valence electrons. The van der Waals surface area contributed by atoms with E-state index in [0.29, 0.717) is 17.9 Å². The lowest BCUT2D eigenvalue weighted by atomic mass is 9.49. The van der Waals surface area contributed by atoms with Crippen molar-refractivity contribution in [3.8, 4) is 0 Å². The SMILES string of the molecule is CC1CCC2C(CCC3C2CCC2(C)C3CC(C)C2C(C)CO)C1. The topological polar surface area (TPSA) is 20.2 Å². The fourth-order valence-electron chi connectivity index (χ4n) is 8.82. The van der Waals surface area contributed by atoms with E-state index in [4.69, 9.17) is 0 Å². The lowest BCUT2D eigenvalue weighted by Crippen LogP contribution is -2.49. The van der Waals surface area contributed by atoms with Crippen LogP contribution in [0, 0.1) is 58.7 Å². The second-order valence-corrected chi connectivity index (χ2v) is 10.8. The molecule has 0 saturated heterocycles. The number of hydrogen-bond donors (Lipinski definition) is 1. The maximum atomic E-state index is 9.83. The van der Waals surface area contributed by atoms with E-state index < -0.39 is 0 Å². The van der Waals surface area contributed by atoms with Crippen LogP contribution in [0.25, 0.3) is 0 Å². The Kier molecular flexibility index (Phi) is 4.55. The molecule has 24 heavy (non-hydrogen) atoms. The number of fused-ring (bicyclic) bond motifs is 5. The molecule has 0 heterocycles. The average molecular weight is 333 g/mol. The molecule has 0 aromatic rings. The minimum absolute atomic E-state index is 0.383. The van der Waals surface area contributed by atoms with Gasteiger partial charge in [-0.3, -0.25) is 0 Å². The molecule has 0 radical (unpaired) electrons. The van der Waals surface area contributed by atoms with Gasteiger partial charge in [0.15, 0.2) is 0 Å². The monoisotopic (exact) mass is 332 g/mol. The smallest absolute Gasteiger partial charge is 0.0459 e. The van der Waals surface area contributed by atoms with Crippen molar-refractivity contribution in [3.63, 3.8) is 0 Å². The van der Waals surface area contributed by atoms with Gasteiger partial charge in [-0.1, -0.05) is 34.1 Å². The van der Waals surface area contributed by atoms with Crippen LogP contribution in [0.4, 0.5) is 0 Å². The summed E-state index contributed by atoms with van der Waals surface area (Å²) in [6.45, 7) is 10.3. The average Bonchev–Trinajstić information content (AvgIpc) is 2.84. The Morgan fingerprint density at radius 2 is 1.71 bits per heavy atom. The van der Waals surface area contributed by atoms with E-state index in [1.54, 1.807) is 0 Å². The van der Waals surface area contributed by atoms with Crippen LogP contribution in [0.5, 0.6) is 0 Å². The van der Waals surface area contributed by atoms with Crippen molar-refractivity contribution in [3.05, 3.63) is 0 Å². The molecule has 4 aliphatic carbocycles. The van der Waals surface area contributed by atoms with Gasteiger partial charge in [0.1, 0.15) is 0 Å². The van der Waals surface area contributed by atoms with E-state index in [-0.39, 0.29) is 0 Å². The van der Waals surface area contributed by atoms with E-state index in [9.17, 15) is 5.11 Å². The van der Waals surface area contributed by atoms with Gasteiger partial charge in [-0.05, 0) is 104 Å². The van der Waals surface area contributed by atoms with Crippen LogP contribution in [-0.2, 0) is 0 Å². The van der Waals surface area contributed by atoms with Crippen molar-refractivity contribution < 1.29 is 5.11 Å². The van der Waals surface area contributed by atoms with Crippen LogP contribution in [0.3, 0.4) is 0 Å².